The van der Waals surface area contributed by atoms with Crippen molar-refractivity contribution < 1.29 is 95.0 Å². The van der Waals surface area contributed by atoms with E-state index in [0.717, 1.165) is 85.1 Å². The van der Waals surface area contributed by atoms with Gasteiger partial charge in [0.2, 0.25) is 0 Å². The number of aromatic amines is 1. The van der Waals surface area contributed by atoms with Gasteiger partial charge in [-0.15, -0.1) is 0 Å². The molecule has 13 rings (SSSR count). The van der Waals surface area contributed by atoms with Gasteiger partial charge >= 0.3 is 45.3 Å². The lowest BCUT2D eigenvalue weighted by molar-refractivity contribution is -0.147. The van der Waals surface area contributed by atoms with Crippen LogP contribution in [0, 0.1) is 29.6 Å². The second-order valence-corrected chi connectivity index (χ2v) is 40.9. The molecule has 6 aliphatic heterocycles. The van der Waals surface area contributed by atoms with Crippen LogP contribution in [0.25, 0.3) is 16.8 Å². The number of carboxylic acids is 1. The third-order valence-electron chi connectivity index (χ3n) is 24.0. The van der Waals surface area contributed by atoms with Gasteiger partial charge in [-0.2, -0.15) is 0 Å². The predicted molar refractivity (Wildman–Crippen MR) is 500 cm³/mol. The van der Waals surface area contributed by atoms with E-state index in [1.807, 2.05) is 106 Å². The van der Waals surface area contributed by atoms with Gasteiger partial charge in [-0.05, 0) is 246 Å². The van der Waals surface area contributed by atoms with Crippen molar-refractivity contribution in [3.8, 4) is 11.3 Å². The van der Waals surface area contributed by atoms with E-state index >= 15 is 0 Å². The molecule has 682 valence electrons. The highest BCUT2D eigenvalue weighted by Gasteiger charge is 2.64. The molecule has 5 saturated heterocycles. The molecular weight excluding hydrogens is 1850 g/mol. The summed E-state index contributed by atoms with van der Waals surface area (Å²) in [7, 11) is 5.38. The molecule has 2 amide bonds. The number of ether oxygens (including phenoxy) is 7. The number of benzene rings is 4. The Bertz CT molecular complexity index is 4300. The number of methoxy groups -OCH3 is 4. The van der Waals surface area contributed by atoms with Crippen molar-refractivity contribution in [3.63, 3.8) is 0 Å². The number of Topliss-reactive ketones (excluding diaryl/α,β-unsaturated/α-hetero) is 2. The molecule has 0 radical (unpaired) electrons. The number of allylic oxidation sites excluding steroid dienone is 1. The molecule has 124 heavy (non-hydrogen) atoms. The number of esters is 1. The molecule has 2 N–H and O–H groups in total. The Morgan fingerprint density at radius 2 is 0.944 bits per heavy atom. The van der Waals surface area contributed by atoms with Gasteiger partial charge in [0, 0.05) is 115 Å². The summed E-state index contributed by atoms with van der Waals surface area (Å²) in [6, 6.07) is 30.1. The zero-order chi connectivity index (χ0) is 91.0. The second-order valence-electron chi connectivity index (χ2n) is 37.6. The minimum Gasteiger partial charge on any atom is -0.480 e. The first-order valence-electron chi connectivity index (χ1n) is 42.2. The maximum absolute atomic E-state index is 13.0. The van der Waals surface area contributed by atoms with E-state index in [9.17, 15) is 28.8 Å². The SMILES string of the molecule is C.CC1(C)OB(B2OC(C)(C)C(C)(C)O2)OC1(C)C.COC[C@@H]1CC[C@H](C(=O)OCC(=O)c2ccc(Br)cc2)C1.COC[C@@H]1CC[C@H](c2ncc(-c3ccc(Br)cc3)[nH]2)C1.COC[C@H]1C[C@@H](C(=O)O)N(C(=O)OC(C)(C)C)C1.COC[C@H]1C[C@H](C2=NC=C(c3ccc(B4OC(C)(C)C(C)(C)O4)cc3)C2)N(C(=O)OC(C)(C)C)C1.O=C(CBr)c1ccc(Br)cc1. The van der Waals surface area contributed by atoms with E-state index in [2.05, 4.69) is 150 Å². The molecule has 0 unspecified atom stereocenters. The number of hydrogen-bond acceptors (Lipinski definition) is 21. The van der Waals surface area contributed by atoms with E-state index in [-0.39, 0.29) is 102 Å². The zero-order valence-electron chi connectivity index (χ0n) is 75.8. The van der Waals surface area contributed by atoms with Crippen molar-refractivity contribution in [1.82, 2.24) is 19.8 Å². The maximum atomic E-state index is 13.0. The number of amides is 2. The average molecular weight is 1980 g/mol. The largest absolute Gasteiger partial charge is 0.494 e. The number of aliphatic imine (C=N–C) groups is 1. The number of aliphatic carboxylic acids is 1. The number of ketones is 2. The Morgan fingerprint density at radius 1 is 0.524 bits per heavy atom. The van der Waals surface area contributed by atoms with E-state index in [1.165, 1.54) is 29.7 Å². The van der Waals surface area contributed by atoms with Crippen LogP contribution in [-0.2, 0) is 70.7 Å². The molecule has 8 atom stereocenters. The van der Waals surface area contributed by atoms with Crippen molar-refractivity contribution in [3.05, 3.63) is 145 Å². The fraction of sp³-hybridized carbons (Fsp3) is 0.609. The first kappa shape index (κ1) is 105. The number of nitrogens with one attached hydrogen (secondary N) is 1. The highest BCUT2D eigenvalue weighted by atomic mass is 79.9. The molecule has 4 aromatic carbocycles. The first-order valence-corrected chi connectivity index (χ1v) is 45.7. The Kier molecular flexibility index (Phi) is 38.6. The normalized spacial score (nSPS) is 23.4. The minimum atomic E-state index is -1.00. The van der Waals surface area contributed by atoms with Gasteiger partial charge in [0.1, 0.15) is 23.1 Å². The number of carbonyl (C=O) groups is 6. The fourth-order valence-electron chi connectivity index (χ4n) is 15.2. The van der Waals surface area contributed by atoms with E-state index in [4.69, 9.17) is 71.2 Å². The van der Waals surface area contributed by atoms with Gasteiger partial charge in [0.05, 0.1) is 76.0 Å². The smallest absolute Gasteiger partial charge is 0.480 e. The van der Waals surface area contributed by atoms with Crippen LogP contribution in [0.3, 0.4) is 0 Å². The maximum Gasteiger partial charge on any atom is 0.494 e. The van der Waals surface area contributed by atoms with Gasteiger partial charge in [-0.1, -0.05) is 132 Å². The molecule has 7 heterocycles. The number of hydrogen-bond donors (Lipinski definition) is 2. The highest BCUT2D eigenvalue weighted by molar-refractivity contribution is 9.11. The molecule has 2 aliphatic carbocycles. The first-order chi connectivity index (χ1) is 57.5. The van der Waals surface area contributed by atoms with Crippen molar-refractivity contribution in [2.24, 2.45) is 34.6 Å². The zero-order valence-corrected chi connectivity index (χ0v) is 82.1. The molecule has 5 aromatic rings. The van der Waals surface area contributed by atoms with Crippen molar-refractivity contribution in [2.75, 3.05) is 79.9 Å². The Hall–Kier alpha value is -5.97. The number of nitrogens with zero attached hydrogens (tertiary/aromatic N) is 4. The third kappa shape index (κ3) is 29.5. The summed E-state index contributed by atoms with van der Waals surface area (Å²) < 4.78 is 76.0. The second kappa shape index (κ2) is 45.5. The Balaban J connectivity index is 0.000000211. The number of alkyl halides is 1. The summed E-state index contributed by atoms with van der Waals surface area (Å²) in [5, 5.41) is 9.51. The van der Waals surface area contributed by atoms with E-state index < -0.39 is 43.3 Å². The lowest BCUT2D eigenvalue weighted by atomic mass is 9.49. The monoisotopic (exact) mass is 1980 g/mol. The standard InChI is InChI=1S/C27H39BN2O5.C16H19BrN2O.C16H19BrO4.C12H24B2O4.C12H21NO5.C8H6Br2O.CH4/c1-25(2,3)33-24(31)30-16-18(17-32-8)13-23(30)22-14-20(15-29-22)19-9-11-21(12-10-19)28-34-26(4,5)27(6,7)35-28;1-20-10-11-2-3-13(8-11)16-18-9-15(19-16)12-4-6-14(17)7-5-12;1-20-9-11-2-3-13(8-11)16(19)21-10-15(18)12-4-6-14(17)7-5-12;1-9(2)10(3,4)16-13(15-9)14-17-11(5,6)12(7,8)18-14;1-12(2,3)18-11(16)13-6-8(7-17-4)5-9(13)10(14)15;9-5-8(11)6-1-3-7(10)4-2-6;/h9-12,15,18,23H,13-14,16-17H2,1-8H3;4-7,9,11,13H,2-3,8,10H2,1H3,(H,18,19);4-7,11,13H,2-3,8-10H2,1H3;1-8H3;8-9H,5-7H2,1-4H3,(H,14,15);1-4H,5H2;1H4/t18-,23+;2*11-,13+;;8-,9-;;/m011.0../s1. The third-order valence-corrected chi connectivity index (χ3v) is 26.1. The number of H-pyrrole nitrogens is 1. The Morgan fingerprint density at radius 3 is 1.41 bits per heavy atom. The quantitative estimate of drug-likeness (QED) is 0.0227. The summed E-state index contributed by atoms with van der Waals surface area (Å²) in [4.78, 5) is 86.9. The molecule has 2 saturated carbocycles. The summed E-state index contributed by atoms with van der Waals surface area (Å²) in [6.45, 7) is 38.8. The molecule has 0 bridgehead atoms. The molecule has 7 fully saturated rings. The van der Waals surface area contributed by atoms with Crippen LogP contribution < -0.4 is 5.46 Å². The molecule has 8 aliphatic rings. The van der Waals surface area contributed by atoms with Crippen molar-refractivity contribution in [2.45, 2.75) is 253 Å². The molecule has 32 heteroatoms. The van der Waals surface area contributed by atoms with Crippen LogP contribution in [-0.4, -0.2) is 224 Å². The summed E-state index contributed by atoms with van der Waals surface area (Å²) in [5.41, 5.74) is 4.48. The topological polar surface area (TPSA) is 290 Å². The van der Waals surface area contributed by atoms with Crippen LogP contribution in [0.15, 0.2) is 128 Å². The fourth-order valence-corrected chi connectivity index (χ4v) is 16.3. The van der Waals surface area contributed by atoms with Crippen LogP contribution in [0.1, 0.15) is 228 Å². The lowest BCUT2D eigenvalue weighted by Gasteiger charge is -2.32. The van der Waals surface area contributed by atoms with Crippen molar-refractivity contribution in [1.29, 1.82) is 0 Å². The number of aromatic nitrogens is 2. The summed E-state index contributed by atoms with van der Waals surface area (Å²) >= 11 is 13.2. The van der Waals surface area contributed by atoms with Gasteiger partial charge < -0.3 is 71.2 Å². The number of carbonyl (C=O) groups excluding carboxylic acids is 5. The molecule has 25 nitrogen and oxygen atoms in total. The number of imidazole rings is 1. The summed E-state index contributed by atoms with van der Waals surface area (Å²) in [6.07, 6.45) is 11.2. The van der Waals surface area contributed by atoms with Gasteiger partial charge in [0.25, 0.3) is 0 Å². The number of carboxylic acid groups (broad SMARTS) is 1. The van der Waals surface area contributed by atoms with E-state index in [0.29, 0.717) is 74.4 Å². The van der Waals surface area contributed by atoms with Crippen LogP contribution in [0.5, 0.6) is 0 Å². The van der Waals surface area contributed by atoms with Crippen LogP contribution >= 0.6 is 63.7 Å². The molecule has 1 aromatic heterocycles. The highest BCUT2D eigenvalue weighted by Crippen LogP contribution is 2.45. The van der Waals surface area contributed by atoms with Gasteiger partial charge in [-0.3, -0.25) is 29.2 Å². The van der Waals surface area contributed by atoms with Gasteiger partial charge in [0.15, 0.2) is 18.2 Å². The number of halogens is 4. The van der Waals surface area contributed by atoms with E-state index in [1.54, 1.807) is 85.6 Å². The number of likely N-dealkylation sites (tertiary alicyclic amines) is 2. The van der Waals surface area contributed by atoms with Gasteiger partial charge in [-0.25, -0.2) is 19.4 Å². The molecule has 0 spiro atoms. The minimum absolute atomic E-state index is 0. The predicted octanol–water partition coefficient (Wildman–Crippen LogP) is 19.3. The average Bonchev–Trinajstić information content (AvgIpc) is 1.60. The summed E-state index contributed by atoms with van der Waals surface area (Å²) in [5.74, 6) is 1.68. The van der Waals surface area contributed by atoms with Crippen molar-refractivity contribution >= 4 is 137 Å². The lowest BCUT2D eigenvalue weighted by Crippen LogP contribution is -2.43. The molecular formula is C92H132B3Br4N5O20. The van der Waals surface area contributed by atoms with Crippen LogP contribution in [0.4, 0.5) is 9.59 Å². The van der Waals surface area contributed by atoms with Crippen LogP contribution in [0.2, 0.25) is 0 Å². The Labute approximate surface area is 770 Å². The number of rotatable bonds is 21.